The minimum absolute atomic E-state index is 0.337. The van der Waals surface area contributed by atoms with Crippen LogP contribution in [0.1, 0.15) is 17.3 Å². The molecule has 1 N–H and O–H groups in total. The summed E-state index contributed by atoms with van der Waals surface area (Å²) < 4.78 is 10.4. The highest BCUT2D eigenvalue weighted by atomic mass is 16.5. The Morgan fingerprint density at radius 2 is 2.13 bits per heavy atom. The number of ether oxygens (including phenoxy) is 2. The lowest BCUT2D eigenvalue weighted by atomic mass is 10.1. The highest BCUT2D eigenvalue weighted by Crippen LogP contribution is 2.28. The maximum atomic E-state index is 11.2. The molecule has 0 aliphatic carbocycles. The molecule has 15 heavy (non-hydrogen) atoms. The number of rotatable bonds is 5. The van der Waals surface area contributed by atoms with Gasteiger partial charge in [-0.15, -0.1) is 0 Å². The van der Waals surface area contributed by atoms with Crippen LogP contribution in [0.4, 0.5) is 0 Å². The molecule has 1 rings (SSSR count). The molecule has 0 unspecified atom stereocenters. The van der Waals surface area contributed by atoms with E-state index in [1.165, 1.54) is 7.11 Å². The summed E-state index contributed by atoms with van der Waals surface area (Å²) in [6.45, 7) is 1.90. The Balaban J connectivity index is 3.01. The molecule has 0 spiro atoms. The van der Waals surface area contributed by atoms with E-state index in [-0.39, 0.29) is 5.78 Å². The SMILES string of the molecule is CCOc1ccc(C(=O)CO)cc1OC. The highest BCUT2D eigenvalue weighted by molar-refractivity contribution is 5.97. The molecular weight excluding hydrogens is 196 g/mol. The Hall–Kier alpha value is -1.55. The largest absolute Gasteiger partial charge is 0.493 e. The van der Waals surface area contributed by atoms with Crippen LogP contribution in [-0.4, -0.2) is 31.2 Å². The van der Waals surface area contributed by atoms with E-state index in [1.54, 1.807) is 18.2 Å². The third-order valence-corrected chi connectivity index (χ3v) is 1.93. The number of aliphatic hydroxyl groups is 1. The van der Waals surface area contributed by atoms with Gasteiger partial charge in [-0.1, -0.05) is 0 Å². The van der Waals surface area contributed by atoms with Crippen molar-refractivity contribution < 1.29 is 19.4 Å². The summed E-state index contributed by atoms with van der Waals surface area (Å²) in [6, 6.07) is 4.82. The Bertz CT molecular complexity index is 346. The average molecular weight is 210 g/mol. The molecule has 1 aromatic carbocycles. The topological polar surface area (TPSA) is 55.8 Å². The standard InChI is InChI=1S/C11H14O4/c1-3-15-10-5-4-8(9(13)7-12)6-11(10)14-2/h4-6,12H,3,7H2,1-2H3. The number of ketones is 1. The second-order valence-electron chi connectivity index (χ2n) is 2.88. The van der Waals surface area contributed by atoms with Gasteiger partial charge in [0.1, 0.15) is 6.61 Å². The van der Waals surface area contributed by atoms with Gasteiger partial charge in [0.15, 0.2) is 17.3 Å². The first-order chi connectivity index (χ1) is 7.22. The van der Waals surface area contributed by atoms with E-state index < -0.39 is 6.61 Å². The van der Waals surface area contributed by atoms with E-state index in [2.05, 4.69) is 0 Å². The molecule has 82 valence electrons. The van der Waals surface area contributed by atoms with Crippen molar-refractivity contribution in [2.24, 2.45) is 0 Å². The monoisotopic (exact) mass is 210 g/mol. The Kier molecular flexibility index (Phi) is 4.12. The highest BCUT2D eigenvalue weighted by Gasteiger charge is 2.09. The number of aliphatic hydroxyl groups excluding tert-OH is 1. The van der Waals surface area contributed by atoms with E-state index in [0.29, 0.717) is 23.7 Å². The van der Waals surface area contributed by atoms with Crippen molar-refractivity contribution in [3.8, 4) is 11.5 Å². The fourth-order valence-corrected chi connectivity index (χ4v) is 1.21. The van der Waals surface area contributed by atoms with Crippen molar-refractivity contribution in [1.29, 1.82) is 0 Å². The summed E-state index contributed by atoms with van der Waals surface area (Å²) >= 11 is 0. The van der Waals surface area contributed by atoms with E-state index in [4.69, 9.17) is 14.6 Å². The number of methoxy groups -OCH3 is 1. The van der Waals surface area contributed by atoms with Gasteiger partial charge in [0.2, 0.25) is 0 Å². The molecule has 0 saturated carbocycles. The Morgan fingerprint density at radius 1 is 1.40 bits per heavy atom. The van der Waals surface area contributed by atoms with Crippen LogP contribution in [0, 0.1) is 0 Å². The van der Waals surface area contributed by atoms with Crippen LogP contribution in [0.5, 0.6) is 11.5 Å². The van der Waals surface area contributed by atoms with Crippen molar-refractivity contribution in [3.63, 3.8) is 0 Å². The van der Waals surface area contributed by atoms with Crippen molar-refractivity contribution in [1.82, 2.24) is 0 Å². The van der Waals surface area contributed by atoms with Gasteiger partial charge in [0, 0.05) is 5.56 Å². The van der Waals surface area contributed by atoms with Crippen molar-refractivity contribution >= 4 is 5.78 Å². The predicted molar refractivity (Wildman–Crippen MR) is 55.6 cm³/mol. The lowest BCUT2D eigenvalue weighted by molar-refractivity contribution is 0.0903. The number of benzene rings is 1. The zero-order valence-electron chi connectivity index (χ0n) is 8.82. The molecule has 0 fully saturated rings. The molecule has 0 saturated heterocycles. The molecule has 0 aliphatic heterocycles. The smallest absolute Gasteiger partial charge is 0.188 e. The fourth-order valence-electron chi connectivity index (χ4n) is 1.21. The third kappa shape index (κ3) is 2.70. The summed E-state index contributed by atoms with van der Waals surface area (Å²) in [5.41, 5.74) is 0.415. The van der Waals surface area contributed by atoms with E-state index >= 15 is 0 Å². The van der Waals surface area contributed by atoms with Crippen molar-refractivity contribution in [2.45, 2.75) is 6.92 Å². The van der Waals surface area contributed by atoms with Gasteiger partial charge < -0.3 is 14.6 Å². The maximum absolute atomic E-state index is 11.2. The third-order valence-electron chi connectivity index (χ3n) is 1.93. The lowest BCUT2D eigenvalue weighted by Gasteiger charge is -2.09. The molecular formula is C11H14O4. The Morgan fingerprint density at radius 3 is 2.67 bits per heavy atom. The maximum Gasteiger partial charge on any atom is 0.188 e. The van der Waals surface area contributed by atoms with Gasteiger partial charge in [-0.3, -0.25) is 4.79 Å². The molecule has 0 atom stereocenters. The van der Waals surface area contributed by atoms with Gasteiger partial charge in [0.25, 0.3) is 0 Å². The van der Waals surface area contributed by atoms with E-state index in [0.717, 1.165) is 0 Å². The van der Waals surface area contributed by atoms with Gasteiger partial charge in [-0.05, 0) is 25.1 Å². The zero-order valence-corrected chi connectivity index (χ0v) is 8.82. The fraction of sp³-hybridized carbons (Fsp3) is 0.364. The van der Waals surface area contributed by atoms with Gasteiger partial charge >= 0.3 is 0 Å². The molecule has 0 radical (unpaired) electrons. The van der Waals surface area contributed by atoms with Crippen LogP contribution in [0.15, 0.2) is 18.2 Å². The van der Waals surface area contributed by atoms with Gasteiger partial charge in [-0.2, -0.15) is 0 Å². The molecule has 4 heteroatoms. The first kappa shape index (κ1) is 11.5. The number of carbonyl (C=O) groups is 1. The number of hydrogen-bond donors (Lipinski definition) is 1. The zero-order chi connectivity index (χ0) is 11.3. The molecule has 0 amide bonds. The summed E-state index contributed by atoms with van der Waals surface area (Å²) in [5, 5.41) is 8.70. The second kappa shape index (κ2) is 5.36. The molecule has 0 bridgehead atoms. The van der Waals surface area contributed by atoms with Gasteiger partial charge in [-0.25, -0.2) is 0 Å². The first-order valence-corrected chi connectivity index (χ1v) is 4.67. The molecule has 0 heterocycles. The van der Waals surface area contributed by atoms with Gasteiger partial charge in [0.05, 0.1) is 13.7 Å². The van der Waals surface area contributed by atoms with Crippen LogP contribution >= 0.6 is 0 Å². The summed E-state index contributed by atoms with van der Waals surface area (Å²) in [4.78, 5) is 11.2. The molecule has 1 aromatic rings. The summed E-state index contributed by atoms with van der Waals surface area (Å²) in [5.74, 6) is 0.752. The van der Waals surface area contributed by atoms with Crippen LogP contribution in [0.2, 0.25) is 0 Å². The predicted octanol–water partition coefficient (Wildman–Crippen LogP) is 1.27. The van der Waals surface area contributed by atoms with Crippen LogP contribution < -0.4 is 9.47 Å². The van der Waals surface area contributed by atoms with Crippen LogP contribution in [-0.2, 0) is 0 Å². The summed E-state index contributed by atoms with van der Waals surface area (Å²) in [6.07, 6.45) is 0. The lowest BCUT2D eigenvalue weighted by Crippen LogP contribution is -2.05. The van der Waals surface area contributed by atoms with Crippen LogP contribution in [0.25, 0.3) is 0 Å². The first-order valence-electron chi connectivity index (χ1n) is 4.67. The molecule has 4 nitrogen and oxygen atoms in total. The number of hydrogen-bond acceptors (Lipinski definition) is 4. The summed E-state index contributed by atoms with van der Waals surface area (Å²) in [7, 11) is 1.51. The quantitative estimate of drug-likeness (QED) is 0.743. The minimum atomic E-state index is -0.503. The van der Waals surface area contributed by atoms with E-state index in [1.807, 2.05) is 6.92 Å². The normalized spacial score (nSPS) is 9.80. The average Bonchev–Trinajstić information content (AvgIpc) is 2.29. The number of Topliss-reactive ketones (excluding diaryl/α,β-unsaturated/α-hetero) is 1. The van der Waals surface area contributed by atoms with E-state index in [9.17, 15) is 4.79 Å². The minimum Gasteiger partial charge on any atom is -0.493 e. The van der Waals surface area contributed by atoms with Crippen molar-refractivity contribution in [3.05, 3.63) is 23.8 Å². The van der Waals surface area contributed by atoms with Crippen LogP contribution in [0.3, 0.4) is 0 Å². The Labute approximate surface area is 88.4 Å². The molecule has 0 aromatic heterocycles. The number of carbonyl (C=O) groups excluding carboxylic acids is 1. The van der Waals surface area contributed by atoms with Crippen molar-refractivity contribution in [2.75, 3.05) is 20.3 Å². The molecule has 0 aliphatic rings. The second-order valence-corrected chi connectivity index (χ2v) is 2.88.